The molecule has 4 aromatic carbocycles. The van der Waals surface area contributed by atoms with E-state index in [-0.39, 0.29) is 5.91 Å². The summed E-state index contributed by atoms with van der Waals surface area (Å²) in [5.74, 6) is 0.0285. The molecular weight excluding hydrogens is 416 g/mol. The van der Waals surface area contributed by atoms with E-state index in [2.05, 4.69) is 82.7 Å². The highest BCUT2D eigenvalue weighted by Gasteiger charge is 2.49. The van der Waals surface area contributed by atoms with Crippen LogP contribution >= 0.6 is 0 Å². The van der Waals surface area contributed by atoms with Gasteiger partial charge in [0.1, 0.15) is 5.41 Å². The van der Waals surface area contributed by atoms with Crippen LogP contribution in [0.4, 0.5) is 0 Å². The molecule has 0 atom stereocenters. The van der Waals surface area contributed by atoms with Gasteiger partial charge in [0, 0.05) is 29.7 Å². The quantitative estimate of drug-likeness (QED) is 0.381. The normalized spacial score (nSPS) is 14.9. The van der Waals surface area contributed by atoms with Gasteiger partial charge >= 0.3 is 0 Å². The van der Waals surface area contributed by atoms with Crippen LogP contribution in [-0.2, 0) is 23.2 Å². The predicted octanol–water partition coefficient (Wildman–Crippen LogP) is 5.70. The topological polar surface area (TPSA) is 34.0 Å². The maximum absolute atomic E-state index is 14.3. The lowest BCUT2D eigenvalue weighted by molar-refractivity contribution is -0.124. The van der Waals surface area contributed by atoms with Crippen molar-refractivity contribution >= 4 is 16.8 Å². The zero-order valence-corrected chi connectivity index (χ0v) is 18.9. The maximum atomic E-state index is 14.3. The number of carbonyl (C=O) groups excluding carboxylic acids is 1. The summed E-state index contributed by atoms with van der Waals surface area (Å²) in [5, 5.41) is 4.49. The number of hydrogen-bond acceptors (Lipinski definition) is 1. The highest BCUT2D eigenvalue weighted by atomic mass is 16.2. The second kappa shape index (κ2) is 8.35. The molecule has 0 unspecified atom stereocenters. The van der Waals surface area contributed by atoms with Crippen LogP contribution in [0.5, 0.6) is 0 Å². The number of amides is 1. The third-order valence-corrected chi connectivity index (χ3v) is 7.03. The second-order valence-corrected chi connectivity index (χ2v) is 8.90. The van der Waals surface area contributed by atoms with Crippen molar-refractivity contribution in [3.8, 4) is 0 Å². The Morgan fingerprint density at radius 2 is 1.26 bits per heavy atom. The molecule has 0 spiro atoms. The molecular formula is C31H26N2O. The average Bonchev–Trinajstić information content (AvgIpc) is 3.10. The molecule has 0 radical (unpaired) electrons. The van der Waals surface area contributed by atoms with Gasteiger partial charge in [-0.25, -0.2) is 0 Å². The van der Waals surface area contributed by atoms with Crippen LogP contribution in [0.25, 0.3) is 10.9 Å². The molecule has 34 heavy (non-hydrogen) atoms. The van der Waals surface area contributed by atoms with Crippen molar-refractivity contribution in [2.45, 2.75) is 18.4 Å². The molecule has 0 fully saturated rings. The summed E-state index contributed by atoms with van der Waals surface area (Å²) in [7, 11) is 0. The molecule has 3 heteroatoms. The summed E-state index contributed by atoms with van der Waals surface area (Å²) >= 11 is 0. The van der Waals surface area contributed by atoms with Crippen molar-refractivity contribution in [1.29, 1.82) is 0 Å². The minimum atomic E-state index is -0.956. The van der Waals surface area contributed by atoms with Crippen LogP contribution in [0.3, 0.4) is 0 Å². The van der Waals surface area contributed by atoms with Gasteiger partial charge < -0.3 is 9.88 Å². The highest BCUT2D eigenvalue weighted by Crippen LogP contribution is 2.45. The fourth-order valence-corrected chi connectivity index (χ4v) is 5.61. The lowest BCUT2D eigenvalue weighted by atomic mass is 9.70. The second-order valence-electron chi connectivity index (χ2n) is 8.90. The van der Waals surface area contributed by atoms with Crippen LogP contribution in [0.1, 0.15) is 27.9 Å². The fraction of sp³-hybridized carbons (Fsp3) is 0.129. The third kappa shape index (κ3) is 3.08. The SMILES string of the molecule is O=C1NCCc2c(n(Cc3ccccc3)c3ccccc23)C1(c1ccccc1)c1ccccc1. The van der Waals surface area contributed by atoms with Gasteiger partial charge in [0.25, 0.3) is 0 Å². The van der Waals surface area contributed by atoms with Gasteiger partial charge in [0.15, 0.2) is 0 Å². The van der Waals surface area contributed by atoms with E-state index in [0.717, 1.165) is 23.2 Å². The predicted molar refractivity (Wildman–Crippen MR) is 137 cm³/mol. The van der Waals surface area contributed by atoms with E-state index in [1.165, 1.54) is 22.0 Å². The molecule has 6 rings (SSSR count). The molecule has 1 N–H and O–H groups in total. The van der Waals surface area contributed by atoms with Gasteiger partial charge in [0.05, 0.1) is 0 Å². The molecule has 2 heterocycles. The van der Waals surface area contributed by atoms with Gasteiger partial charge in [-0.2, -0.15) is 0 Å². The molecule has 1 aromatic heterocycles. The Balaban J connectivity index is 1.77. The molecule has 1 aliphatic rings. The first-order valence-electron chi connectivity index (χ1n) is 11.8. The number of aromatic nitrogens is 1. The van der Waals surface area contributed by atoms with Gasteiger partial charge in [-0.05, 0) is 34.7 Å². The number of rotatable bonds is 4. The number of benzene rings is 4. The Bertz CT molecular complexity index is 1410. The summed E-state index contributed by atoms with van der Waals surface area (Å²) in [6.07, 6.45) is 0.796. The number of hydrogen-bond donors (Lipinski definition) is 1. The lowest BCUT2D eigenvalue weighted by Crippen LogP contribution is -2.46. The molecule has 5 aromatic rings. The Morgan fingerprint density at radius 3 is 1.91 bits per heavy atom. The lowest BCUT2D eigenvalue weighted by Gasteiger charge is -2.35. The molecule has 0 aliphatic carbocycles. The van der Waals surface area contributed by atoms with E-state index in [0.29, 0.717) is 13.1 Å². The van der Waals surface area contributed by atoms with E-state index >= 15 is 0 Å². The van der Waals surface area contributed by atoms with Crippen molar-refractivity contribution in [2.75, 3.05) is 6.54 Å². The Labute approximate surface area is 199 Å². The fourth-order valence-electron chi connectivity index (χ4n) is 5.61. The van der Waals surface area contributed by atoms with Crippen molar-refractivity contribution in [3.05, 3.63) is 143 Å². The van der Waals surface area contributed by atoms with Gasteiger partial charge in [-0.15, -0.1) is 0 Å². The largest absolute Gasteiger partial charge is 0.354 e. The summed E-state index contributed by atoms with van der Waals surface area (Å²) in [6, 6.07) is 39.6. The highest BCUT2D eigenvalue weighted by molar-refractivity contribution is 6.00. The van der Waals surface area contributed by atoms with E-state index in [4.69, 9.17) is 0 Å². The van der Waals surface area contributed by atoms with E-state index < -0.39 is 5.41 Å². The Kier molecular flexibility index (Phi) is 5.03. The van der Waals surface area contributed by atoms with Crippen molar-refractivity contribution < 1.29 is 4.79 Å². The standard InChI is InChI=1S/C31H26N2O/c34-30-31(24-14-6-2-7-15-24,25-16-8-3-9-17-25)29-27(20-21-32-30)26-18-10-11-19-28(26)33(29)22-23-12-4-1-5-13-23/h1-19H,20-22H2,(H,32,34). The molecule has 0 bridgehead atoms. The molecule has 0 saturated carbocycles. The number of fused-ring (bicyclic) bond motifs is 3. The van der Waals surface area contributed by atoms with Crippen LogP contribution < -0.4 is 5.32 Å². The monoisotopic (exact) mass is 442 g/mol. The van der Waals surface area contributed by atoms with E-state index in [9.17, 15) is 4.79 Å². The van der Waals surface area contributed by atoms with Gasteiger partial charge in [0.2, 0.25) is 5.91 Å². The zero-order valence-electron chi connectivity index (χ0n) is 18.9. The molecule has 0 saturated heterocycles. The number of carbonyl (C=O) groups is 1. The molecule has 1 amide bonds. The van der Waals surface area contributed by atoms with Crippen LogP contribution in [0.2, 0.25) is 0 Å². The minimum Gasteiger partial charge on any atom is -0.354 e. The van der Waals surface area contributed by atoms with Gasteiger partial charge in [-0.3, -0.25) is 4.79 Å². The Morgan fingerprint density at radius 1 is 0.706 bits per heavy atom. The molecule has 3 nitrogen and oxygen atoms in total. The van der Waals surface area contributed by atoms with Crippen molar-refractivity contribution in [3.63, 3.8) is 0 Å². The van der Waals surface area contributed by atoms with Gasteiger partial charge in [-0.1, -0.05) is 109 Å². The number of para-hydroxylation sites is 1. The number of nitrogens with one attached hydrogen (secondary N) is 1. The molecule has 1 aliphatic heterocycles. The van der Waals surface area contributed by atoms with E-state index in [1.54, 1.807) is 0 Å². The van der Waals surface area contributed by atoms with Crippen molar-refractivity contribution in [1.82, 2.24) is 9.88 Å². The molecule has 166 valence electrons. The summed E-state index contributed by atoms with van der Waals surface area (Å²) in [5.41, 5.74) is 5.72. The first-order valence-corrected chi connectivity index (χ1v) is 11.8. The summed E-state index contributed by atoms with van der Waals surface area (Å²) in [6.45, 7) is 1.32. The first kappa shape index (κ1) is 20.5. The zero-order chi connectivity index (χ0) is 23.0. The van der Waals surface area contributed by atoms with Crippen LogP contribution in [-0.4, -0.2) is 17.0 Å². The van der Waals surface area contributed by atoms with Crippen molar-refractivity contribution in [2.24, 2.45) is 0 Å². The summed E-state index contributed by atoms with van der Waals surface area (Å²) < 4.78 is 2.38. The maximum Gasteiger partial charge on any atom is 0.241 e. The third-order valence-electron chi connectivity index (χ3n) is 7.03. The summed E-state index contributed by atoms with van der Waals surface area (Å²) in [4.78, 5) is 14.3. The average molecular weight is 443 g/mol. The van der Waals surface area contributed by atoms with Crippen LogP contribution in [0.15, 0.2) is 115 Å². The first-order chi connectivity index (χ1) is 16.8. The van der Waals surface area contributed by atoms with E-state index in [1.807, 2.05) is 42.5 Å². The smallest absolute Gasteiger partial charge is 0.241 e. The number of nitrogens with zero attached hydrogens (tertiary/aromatic N) is 1. The minimum absolute atomic E-state index is 0.0285. The van der Waals surface area contributed by atoms with Crippen LogP contribution in [0, 0.1) is 0 Å². The Hall–Kier alpha value is -4.11.